The molecule has 0 saturated carbocycles. The molecule has 0 aliphatic rings. The first-order valence-corrected chi connectivity index (χ1v) is 6.42. The Bertz CT molecular complexity index is 140. The molecule has 0 radical (unpaired) electrons. The summed E-state index contributed by atoms with van der Waals surface area (Å²) in [5, 5.41) is 0. The van der Waals surface area contributed by atoms with Crippen molar-refractivity contribution in [1.82, 2.24) is 0 Å². The maximum Gasteiger partial charge on any atom is -0.0357 e. The molecular formula is C15H34. The van der Waals surface area contributed by atoms with E-state index in [1.165, 1.54) is 6.42 Å². The van der Waals surface area contributed by atoms with E-state index in [0.29, 0.717) is 10.8 Å². The van der Waals surface area contributed by atoms with Crippen LogP contribution in [0.4, 0.5) is 0 Å². The van der Waals surface area contributed by atoms with Crippen molar-refractivity contribution < 1.29 is 0 Å². The quantitative estimate of drug-likeness (QED) is 0.520. The molecule has 94 valence electrons. The number of hydrogen-bond donors (Lipinski definition) is 0. The molecule has 0 rings (SSSR count). The van der Waals surface area contributed by atoms with Crippen molar-refractivity contribution >= 4 is 0 Å². The Morgan fingerprint density at radius 2 is 1.00 bits per heavy atom. The molecule has 1 unspecified atom stereocenters. The minimum Gasteiger partial charge on any atom is -0.0651 e. The van der Waals surface area contributed by atoms with Crippen molar-refractivity contribution in [3.8, 4) is 0 Å². The molecule has 0 aliphatic carbocycles. The van der Waals surface area contributed by atoms with E-state index in [0.717, 1.165) is 11.8 Å². The topological polar surface area (TPSA) is 0 Å². The Morgan fingerprint density at radius 3 is 1.00 bits per heavy atom. The lowest BCUT2D eigenvalue weighted by Gasteiger charge is -2.25. The average molecular weight is 214 g/mol. The number of hydrogen-bond acceptors (Lipinski definition) is 0. The molecule has 0 bridgehead atoms. The Labute approximate surface area is 98.9 Å². The largest absolute Gasteiger partial charge is 0.0651 e. The van der Waals surface area contributed by atoms with Crippen LogP contribution in [-0.4, -0.2) is 0 Å². The molecule has 0 heteroatoms. The van der Waals surface area contributed by atoms with Crippen molar-refractivity contribution in [3.05, 3.63) is 0 Å². The summed E-state index contributed by atoms with van der Waals surface area (Å²) in [5.74, 6) is 1.65. The van der Waals surface area contributed by atoms with Crippen molar-refractivity contribution in [2.24, 2.45) is 22.7 Å². The molecule has 0 amide bonds. The summed E-state index contributed by atoms with van der Waals surface area (Å²) < 4.78 is 0. The first kappa shape index (κ1) is 17.4. The van der Waals surface area contributed by atoms with Crippen LogP contribution < -0.4 is 0 Å². The van der Waals surface area contributed by atoms with Gasteiger partial charge in [-0.2, -0.15) is 0 Å². The van der Waals surface area contributed by atoms with Gasteiger partial charge in [-0.3, -0.25) is 0 Å². The molecule has 0 aromatic carbocycles. The summed E-state index contributed by atoms with van der Waals surface area (Å²) in [5.41, 5.74) is 1.01. The average Bonchev–Trinajstić information content (AvgIpc) is 2.00. The van der Waals surface area contributed by atoms with E-state index < -0.39 is 0 Å². The Morgan fingerprint density at radius 1 is 0.733 bits per heavy atom. The van der Waals surface area contributed by atoms with Crippen LogP contribution in [-0.2, 0) is 0 Å². The van der Waals surface area contributed by atoms with Gasteiger partial charge in [-0.05, 0) is 22.7 Å². The predicted octanol–water partition coefficient (Wildman–Crippen LogP) is 5.77. The first-order valence-electron chi connectivity index (χ1n) is 6.42. The summed E-state index contributed by atoms with van der Waals surface area (Å²) in [7, 11) is 0. The van der Waals surface area contributed by atoms with Crippen molar-refractivity contribution in [2.45, 2.75) is 75.7 Å². The van der Waals surface area contributed by atoms with Crippen LogP contribution in [0.2, 0.25) is 0 Å². The molecular weight excluding hydrogens is 180 g/mol. The molecule has 1 atom stereocenters. The molecule has 15 heavy (non-hydrogen) atoms. The fraction of sp³-hybridized carbons (Fsp3) is 1.00. The van der Waals surface area contributed by atoms with Gasteiger partial charge in [-0.25, -0.2) is 0 Å². The number of rotatable bonds is 1. The summed E-state index contributed by atoms with van der Waals surface area (Å²) in [6, 6.07) is 0. The van der Waals surface area contributed by atoms with E-state index in [9.17, 15) is 0 Å². The zero-order chi connectivity index (χ0) is 12.9. The lowest BCUT2D eigenvalue weighted by Crippen LogP contribution is -2.15. The van der Waals surface area contributed by atoms with Crippen molar-refractivity contribution in [2.75, 3.05) is 0 Å². The molecule has 0 aliphatic heterocycles. The van der Waals surface area contributed by atoms with Gasteiger partial charge in [-0.15, -0.1) is 0 Å². The minimum atomic E-state index is 0.500. The van der Waals surface area contributed by atoms with Gasteiger partial charge in [0.15, 0.2) is 0 Å². The maximum atomic E-state index is 2.31. The fourth-order valence-corrected chi connectivity index (χ4v) is 0.612. The lowest BCUT2D eigenvalue weighted by atomic mass is 9.81. The molecule has 0 aromatic rings. The summed E-state index contributed by atoms with van der Waals surface area (Å²) in [6.07, 6.45) is 1.30. The molecule has 0 heterocycles. The second-order valence-electron chi connectivity index (χ2n) is 7.20. The summed E-state index contributed by atoms with van der Waals surface area (Å²) >= 11 is 0. The molecule has 0 spiro atoms. The van der Waals surface area contributed by atoms with Gasteiger partial charge in [0, 0.05) is 0 Å². The van der Waals surface area contributed by atoms with Gasteiger partial charge in [0.05, 0.1) is 0 Å². The zero-order valence-corrected chi connectivity index (χ0v) is 12.9. The zero-order valence-electron chi connectivity index (χ0n) is 12.9. The predicted molar refractivity (Wildman–Crippen MR) is 73.2 cm³/mol. The smallest absolute Gasteiger partial charge is 0.0357 e. The molecule has 0 aromatic heterocycles. The third-order valence-electron chi connectivity index (χ3n) is 3.82. The van der Waals surface area contributed by atoms with Gasteiger partial charge < -0.3 is 0 Å². The second-order valence-corrected chi connectivity index (χ2v) is 7.20. The van der Waals surface area contributed by atoms with Crippen LogP contribution in [0.25, 0.3) is 0 Å². The highest BCUT2D eigenvalue weighted by Gasteiger charge is 2.17. The first-order chi connectivity index (χ1) is 6.42. The standard InChI is InChI=1S/C8H18.C7H16/c1-6-7(2)8(3,4)5;1-6(2)7(3,4)5/h7H,6H2,1-5H3;6H,1-5H3. The second kappa shape index (κ2) is 6.55. The van der Waals surface area contributed by atoms with E-state index >= 15 is 0 Å². The van der Waals surface area contributed by atoms with E-state index in [1.54, 1.807) is 0 Å². The van der Waals surface area contributed by atoms with Crippen LogP contribution in [0.15, 0.2) is 0 Å². The summed E-state index contributed by atoms with van der Waals surface area (Å²) in [4.78, 5) is 0. The fourth-order valence-electron chi connectivity index (χ4n) is 0.612. The van der Waals surface area contributed by atoms with Gasteiger partial charge in [-0.1, -0.05) is 75.7 Å². The van der Waals surface area contributed by atoms with Crippen LogP contribution >= 0.6 is 0 Å². The van der Waals surface area contributed by atoms with Gasteiger partial charge in [0.25, 0.3) is 0 Å². The van der Waals surface area contributed by atoms with Crippen LogP contribution in [0.5, 0.6) is 0 Å². The lowest BCUT2D eigenvalue weighted by molar-refractivity contribution is 0.254. The SMILES string of the molecule is CC(C)C(C)(C)C.CCC(C)C(C)(C)C. The van der Waals surface area contributed by atoms with Gasteiger partial charge in [0.2, 0.25) is 0 Å². The third-order valence-corrected chi connectivity index (χ3v) is 3.82. The van der Waals surface area contributed by atoms with Crippen LogP contribution in [0, 0.1) is 22.7 Å². The van der Waals surface area contributed by atoms with Crippen LogP contribution in [0.1, 0.15) is 75.7 Å². The van der Waals surface area contributed by atoms with Gasteiger partial charge >= 0.3 is 0 Å². The normalized spacial score (nSPS) is 14.6. The van der Waals surface area contributed by atoms with E-state index in [1.807, 2.05) is 0 Å². The summed E-state index contributed by atoms with van der Waals surface area (Å²) in [6.45, 7) is 22.7. The molecule has 0 nitrogen and oxygen atoms in total. The highest BCUT2D eigenvalue weighted by atomic mass is 14.2. The van der Waals surface area contributed by atoms with Crippen molar-refractivity contribution in [1.29, 1.82) is 0 Å². The molecule has 0 saturated heterocycles. The minimum absolute atomic E-state index is 0.500. The molecule has 0 N–H and O–H groups in total. The van der Waals surface area contributed by atoms with E-state index in [-0.39, 0.29) is 0 Å². The molecule has 0 fully saturated rings. The third kappa shape index (κ3) is 10.3. The van der Waals surface area contributed by atoms with Gasteiger partial charge in [0.1, 0.15) is 0 Å². The monoisotopic (exact) mass is 214 g/mol. The Balaban J connectivity index is 0. The maximum absolute atomic E-state index is 2.31. The Hall–Kier alpha value is 0. The highest BCUT2D eigenvalue weighted by Crippen LogP contribution is 2.27. The highest BCUT2D eigenvalue weighted by molar-refractivity contribution is 4.67. The Kier molecular flexibility index (Phi) is 7.60. The van der Waals surface area contributed by atoms with E-state index in [2.05, 4.69) is 69.2 Å². The van der Waals surface area contributed by atoms with Crippen LogP contribution in [0.3, 0.4) is 0 Å². The van der Waals surface area contributed by atoms with Crippen molar-refractivity contribution in [3.63, 3.8) is 0 Å². The van der Waals surface area contributed by atoms with E-state index in [4.69, 9.17) is 0 Å².